The summed E-state index contributed by atoms with van der Waals surface area (Å²) in [6.07, 6.45) is 4.32. The van der Waals surface area contributed by atoms with Crippen LogP contribution in [-0.4, -0.2) is 35.2 Å². The lowest BCUT2D eigenvalue weighted by Crippen LogP contribution is -2.49. The van der Waals surface area contributed by atoms with E-state index in [1.165, 1.54) is 6.26 Å². The Hall–Kier alpha value is -3.09. The van der Waals surface area contributed by atoms with Crippen molar-refractivity contribution < 1.29 is 18.8 Å². The van der Waals surface area contributed by atoms with E-state index >= 15 is 0 Å². The highest BCUT2D eigenvalue weighted by Crippen LogP contribution is 2.21. The molecule has 0 bridgehead atoms. The van der Waals surface area contributed by atoms with Crippen LogP contribution in [0.1, 0.15) is 43.2 Å². The standard InChI is InChI=1S/C20H23N3O4/c1-2-18(24)23-11-4-3-9-16(23)19(25)21-14-7-5-8-15(13-14)22-20(26)17-10-6-12-27-17/h5-8,10,12-13,16H,2-4,9,11H2,1H3,(H,21,25)(H,22,26)/t16-/m0/s1. The van der Waals surface area contributed by atoms with Crippen LogP contribution >= 0.6 is 0 Å². The fourth-order valence-electron chi connectivity index (χ4n) is 3.21. The third-order valence-electron chi connectivity index (χ3n) is 4.56. The summed E-state index contributed by atoms with van der Waals surface area (Å²) in [7, 11) is 0. The van der Waals surface area contributed by atoms with Crippen molar-refractivity contribution in [1.82, 2.24) is 4.90 Å². The monoisotopic (exact) mass is 369 g/mol. The Kier molecular flexibility index (Phi) is 5.90. The number of likely N-dealkylation sites (tertiary alicyclic amines) is 1. The Bertz CT molecular complexity index is 816. The number of furan rings is 1. The molecule has 27 heavy (non-hydrogen) atoms. The normalized spacial score (nSPS) is 16.6. The molecule has 0 spiro atoms. The number of amides is 3. The number of rotatable bonds is 5. The average molecular weight is 369 g/mol. The van der Waals surface area contributed by atoms with Crippen LogP contribution in [0.4, 0.5) is 11.4 Å². The van der Waals surface area contributed by atoms with Crippen molar-refractivity contribution in [3.05, 3.63) is 48.4 Å². The first-order chi connectivity index (χ1) is 13.1. The molecule has 3 amide bonds. The van der Waals surface area contributed by atoms with Crippen LogP contribution in [0.3, 0.4) is 0 Å². The van der Waals surface area contributed by atoms with Gasteiger partial charge in [0, 0.05) is 24.3 Å². The maximum atomic E-state index is 12.7. The molecule has 2 N–H and O–H groups in total. The molecule has 1 aromatic carbocycles. The topological polar surface area (TPSA) is 91.7 Å². The molecule has 1 atom stereocenters. The highest BCUT2D eigenvalue weighted by molar-refractivity contribution is 6.03. The van der Waals surface area contributed by atoms with Gasteiger partial charge in [0.05, 0.1) is 6.26 Å². The van der Waals surface area contributed by atoms with Crippen molar-refractivity contribution in [2.24, 2.45) is 0 Å². The van der Waals surface area contributed by atoms with Gasteiger partial charge in [-0.15, -0.1) is 0 Å². The third-order valence-corrected chi connectivity index (χ3v) is 4.56. The van der Waals surface area contributed by atoms with E-state index in [4.69, 9.17) is 4.42 Å². The largest absolute Gasteiger partial charge is 0.459 e. The van der Waals surface area contributed by atoms with Crippen molar-refractivity contribution >= 4 is 29.1 Å². The number of carbonyl (C=O) groups excluding carboxylic acids is 3. The molecule has 1 aromatic heterocycles. The number of nitrogens with one attached hydrogen (secondary N) is 2. The second-order valence-corrected chi connectivity index (χ2v) is 6.45. The van der Waals surface area contributed by atoms with E-state index in [1.54, 1.807) is 48.2 Å². The highest BCUT2D eigenvalue weighted by Gasteiger charge is 2.31. The first-order valence-electron chi connectivity index (χ1n) is 9.13. The molecule has 0 aliphatic carbocycles. The summed E-state index contributed by atoms with van der Waals surface area (Å²) < 4.78 is 5.07. The molecule has 1 saturated heterocycles. The van der Waals surface area contributed by atoms with Crippen LogP contribution in [0.15, 0.2) is 47.1 Å². The second kappa shape index (κ2) is 8.53. The molecule has 7 nitrogen and oxygen atoms in total. The number of anilines is 2. The molecule has 2 heterocycles. The van der Waals surface area contributed by atoms with Crippen molar-refractivity contribution in [2.75, 3.05) is 17.2 Å². The van der Waals surface area contributed by atoms with Gasteiger partial charge >= 0.3 is 0 Å². The Morgan fingerprint density at radius 3 is 2.59 bits per heavy atom. The summed E-state index contributed by atoms with van der Waals surface area (Å²) in [4.78, 5) is 38.6. The minimum atomic E-state index is -0.451. The fourth-order valence-corrected chi connectivity index (χ4v) is 3.21. The summed E-state index contributed by atoms with van der Waals surface area (Å²) >= 11 is 0. The van der Waals surface area contributed by atoms with Crippen LogP contribution in [-0.2, 0) is 9.59 Å². The van der Waals surface area contributed by atoms with Crippen LogP contribution in [0.2, 0.25) is 0 Å². The number of hydrogen-bond acceptors (Lipinski definition) is 4. The Morgan fingerprint density at radius 2 is 1.89 bits per heavy atom. The molecular formula is C20H23N3O4. The van der Waals surface area contributed by atoms with E-state index in [0.717, 1.165) is 12.8 Å². The minimum Gasteiger partial charge on any atom is -0.459 e. The summed E-state index contributed by atoms with van der Waals surface area (Å²) in [5.41, 5.74) is 1.10. The molecule has 1 aliphatic rings. The zero-order valence-corrected chi connectivity index (χ0v) is 15.2. The van der Waals surface area contributed by atoms with Gasteiger partial charge in [-0.3, -0.25) is 14.4 Å². The van der Waals surface area contributed by atoms with Gasteiger partial charge in [0.15, 0.2) is 5.76 Å². The third kappa shape index (κ3) is 4.55. The van der Waals surface area contributed by atoms with Gasteiger partial charge in [-0.2, -0.15) is 0 Å². The Balaban J connectivity index is 1.67. The first kappa shape index (κ1) is 18.7. The van der Waals surface area contributed by atoms with Crippen molar-refractivity contribution in [2.45, 2.75) is 38.6 Å². The summed E-state index contributed by atoms with van der Waals surface area (Å²) in [5.74, 6) is -0.365. The van der Waals surface area contributed by atoms with Gasteiger partial charge < -0.3 is 20.0 Å². The summed E-state index contributed by atoms with van der Waals surface area (Å²) in [5, 5.41) is 5.59. The fraction of sp³-hybridized carbons (Fsp3) is 0.350. The molecule has 3 rings (SSSR count). The van der Waals surface area contributed by atoms with Crippen molar-refractivity contribution in [3.63, 3.8) is 0 Å². The molecule has 0 unspecified atom stereocenters. The number of nitrogens with zero attached hydrogens (tertiary/aromatic N) is 1. The second-order valence-electron chi connectivity index (χ2n) is 6.45. The van der Waals surface area contributed by atoms with Gasteiger partial charge in [-0.25, -0.2) is 0 Å². The number of hydrogen-bond donors (Lipinski definition) is 2. The smallest absolute Gasteiger partial charge is 0.291 e. The van der Waals surface area contributed by atoms with E-state index in [9.17, 15) is 14.4 Å². The number of benzene rings is 1. The van der Waals surface area contributed by atoms with E-state index in [1.807, 2.05) is 0 Å². The highest BCUT2D eigenvalue weighted by atomic mass is 16.3. The molecular weight excluding hydrogens is 346 g/mol. The SMILES string of the molecule is CCC(=O)N1CCCC[C@H]1C(=O)Nc1cccc(NC(=O)c2ccco2)c1. The predicted octanol–water partition coefficient (Wildman–Crippen LogP) is 3.26. The number of piperidine rings is 1. The molecule has 2 aromatic rings. The zero-order chi connectivity index (χ0) is 19.2. The summed E-state index contributed by atoms with van der Waals surface area (Å²) in [6.45, 7) is 2.42. The van der Waals surface area contributed by atoms with Gasteiger partial charge in [0.25, 0.3) is 5.91 Å². The zero-order valence-electron chi connectivity index (χ0n) is 15.2. The van der Waals surface area contributed by atoms with Crippen LogP contribution in [0.5, 0.6) is 0 Å². The van der Waals surface area contributed by atoms with E-state index < -0.39 is 6.04 Å². The molecule has 0 radical (unpaired) electrons. The van der Waals surface area contributed by atoms with E-state index in [2.05, 4.69) is 10.6 Å². The summed E-state index contributed by atoms with van der Waals surface area (Å²) in [6, 6.07) is 9.64. The maximum absolute atomic E-state index is 12.7. The molecule has 1 aliphatic heterocycles. The first-order valence-corrected chi connectivity index (χ1v) is 9.13. The van der Waals surface area contributed by atoms with Crippen molar-refractivity contribution in [3.8, 4) is 0 Å². The molecule has 1 fully saturated rings. The van der Waals surface area contributed by atoms with Crippen LogP contribution in [0.25, 0.3) is 0 Å². The van der Waals surface area contributed by atoms with Crippen LogP contribution < -0.4 is 10.6 Å². The van der Waals surface area contributed by atoms with E-state index in [-0.39, 0.29) is 23.5 Å². The number of carbonyl (C=O) groups is 3. The van der Waals surface area contributed by atoms with Gasteiger partial charge in [0.1, 0.15) is 6.04 Å². The quantitative estimate of drug-likeness (QED) is 0.846. The maximum Gasteiger partial charge on any atom is 0.291 e. The van der Waals surface area contributed by atoms with Crippen LogP contribution in [0, 0.1) is 0 Å². The van der Waals surface area contributed by atoms with Gasteiger partial charge in [0.2, 0.25) is 11.8 Å². The lowest BCUT2D eigenvalue weighted by Gasteiger charge is -2.34. The van der Waals surface area contributed by atoms with E-state index in [0.29, 0.717) is 30.8 Å². The van der Waals surface area contributed by atoms with Crippen molar-refractivity contribution in [1.29, 1.82) is 0 Å². The predicted molar refractivity (Wildman–Crippen MR) is 101 cm³/mol. The Labute approximate surface area is 157 Å². The lowest BCUT2D eigenvalue weighted by atomic mass is 10.0. The molecule has 7 heteroatoms. The Morgan fingerprint density at radius 1 is 1.11 bits per heavy atom. The molecule has 0 saturated carbocycles. The van der Waals surface area contributed by atoms with Gasteiger partial charge in [-0.1, -0.05) is 13.0 Å². The van der Waals surface area contributed by atoms with Gasteiger partial charge in [-0.05, 0) is 49.6 Å². The molecule has 142 valence electrons. The minimum absolute atomic E-state index is 0.00527. The lowest BCUT2D eigenvalue weighted by molar-refractivity contribution is -0.140. The average Bonchev–Trinajstić information content (AvgIpc) is 3.22.